The molecule has 27 heavy (non-hydrogen) atoms. The molecule has 0 fully saturated rings. The summed E-state index contributed by atoms with van der Waals surface area (Å²) in [6.45, 7) is 4.74. The predicted molar refractivity (Wildman–Crippen MR) is 99.3 cm³/mol. The number of fused-ring (bicyclic) bond motifs is 1. The number of sulfonamides is 1. The second-order valence-corrected chi connectivity index (χ2v) is 7.53. The summed E-state index contributed by atoms with van der Waals surface area (Å²) in [5, 5.41) is 5.34. The molecule has 0 aliphatic rings. The number of carbonyl (C=O) groups excluding carboxylic acids is 1. The van der Waals surface area contributed by atoms with E-state index in [4.69, 9.17) is 0 Å². The highest BCUT2D eigenvalue weighted by molar-refractivity contribution is 7.92. The molecular formula is C16H18N6O4S. The minimum atomic E-state index is -4.02. The fraction of sp³-hybridized carbons (Fsp3) is 0.250. The van der Waals surface area contributed by atoms with Gasteiger partial charge in [-0.3, -0.25) is 19.4 Å². The number of amides is 1. The van der Waals surface area contributed by atoms with Crippen molar-refractivity contribution in [3.05, 3.63) is 46.1 Å². The zero-order valence-electron chi connectivity index (χ0n) is 14.9. The highest BCUT2D eigenvalue weighted by Crippen LogP contribution is 2.18. The van der Waals surface area contributed by atoms with Gasteiger partial charge in [0.05, 0.1) is 10.6 Å². The van der Waals surface area contributed by atoms with Crippen molar-refractivity contribution < 1.29 is 13.2 Å². The molecule has 1 aromatic carbocycles. The molecule has 1 amide bonds. The molecule has 2 aromatic heterocycles. The van der Waals surface area contributed by atoms with Crippen LogP contribution in [0.3, 0.4) is 0 Å². The van der Waals surface area contributed by atoms with Crippen LogP contribution in [0.15, 0.2) is 34.0 Å². The standard InChI is InChI=1S/C16H18N6O4S/c1-4-13-19-16-17-9(2)14(15(24)22(16)20-13)21-27(25,26)12-7-5-11(6-8-12)18-10(3)23/h5-8,21H,4H2,1-3H3,(H,18,23)(H,17,19,20). The molecule has 11 heteroatoms. The Morgan fingerprint density at radius 1 is 1.22 bits per heavy atom. The van der Waals surface area contributed by atoms with Crippen molar-refractivity contribution in [3.8, 4) is 0 Å². The quantitative estimate of drug-likeness (QED) is 0.595. The summed E-state index contributed by atoms with van der Waals surface area (Å²) in [7, 11) is -4.02. The van der Waals surface area contributed by atoms with E-state index in [-0.39, 0.29) is 28.0 Å². The van der Waals surface area contributed by atoms with E-state index >= 15 is 0 Å². The molecule has 3 rings (SSSR count). The van der Waals surface area contributed by atoms with E-state index in [0.29, 0.717) is 17.9 Å². The first-order chi connectivity index (χ1) is 12.7. The molecule has 0 unspecified atom stereocenters. The van der Waals surface area contributed by atoms with Crippen LogP contribution in [0.2, 0.25) is 0 Å². The maximum atomic E-state index is 12.6. The van der Waals surface area contributed by atoms with Crippen LogP contribution in [0, 0.1) is 6.92 Å². The van der Waals surface area contributed by atoms with Crippen molar-refractivity contribution in [2.24, 2.45) is 0 Å². The van der Waals surface area contributed by atoms with E-state index in [1.54, 1.807) is 0 Å². The summed E-state index contributed by atoms with van der Waals surface area (Å²) in [6.07, 6.45) is 0.573. The van der Waals surface area contributed by atoms with Crippen LogP contribution < -0.4 is 15.6 Å². The number of rotatable bonds is 5. The number of aromatic amines is 1. The maximum Gasteiger partial charge on any atom is 0.298 e. The lowest BCUT2D eigenvalue weighted by Gasteiger charge is -2.10. The molecule has 0 saturated carbocycles. The van der Waals surface area contributed by atoms with Gasteiger partial charge in [-0.25, -0.2) is 13.4 Å². The maximum absolute atomic E-state index is 12.6. The number of anilines is 2. The second kappa shape index (κ2) is 6.83. The van der Waals surface area contributed by atoms with E-state index in [1.807, 2.05) is 6.92 Å². The third-order valence-corrected chi connectivity index (χ3v) is 5.14. The number of benzene rings is 1. The van der Waals surface area contributed by atoms with E-state index < -0.39 is 15.6 Å². The summed E-state index contributed by atoms with van der Waals surface area (Å²) in [5.74, 6) is 0.474. The molecule has 10 nitrogen and oxygen atoms in total. The van der Waals surface area contributed by atoms with E-state index in [1.165, 1.54) is 38.1 Å². The van der Waals surface area contributed by atoms with Crippen LogP contribution in [0.5, 0.6) is 0 Å². The Bertz CT molecular complexity index is 1180. The van der Waals surface area contributed by atoms with Crippen molar-refractivity contribution >= 4 is 33.1 Å². The van der Waals surface area contributed by atoms with E-state index in [0.717, 1.165) is 4.52 Å². The van der Waals surface area contributed by atoms with Gasteiger partial charge in [-0.15, -0.1) is 0 Å². The fourth-order valence-electron chi connectivity index (χ4n) is 2.45. The number of hydrogen-bond donors (Lipinski definition) is 3. The lowest BCUT2D eigenvalue weighted by atomic mass is 10.3. The summed E-state index contributed by atoms with van der Waals surface area (Å²) in [5.41, 5.74) is -0.0779. The van der Waals surface area contributed by atoms with Gasteiger partial charge < -0.3 is 5.32 Å². The molecule has 2 heterocycles. The summed E-state index contributed by atoms with van der Waals surface area (Å²) in [6, 6.07) is 5.58. The highest BCUT2D eigenvalue weighted by Gasteiger charge is 2.20. The van der Waals surface area contributed by atoms with Crippen molar-refractivity contribution in [3.63, 3.8) is 0 Å². The van der Waals surface area contributed by atoms with Gasteiger partial charge >= 0.3 is 0 Å². The average molecular weight is 390 g/mol. The first kappa shape index (κ1) is 18.6. The third kappa shape index (κ3) is 3.67. The zero-order chi connectivity index (χ0) is 19.8. The first-order valence-electron chi connectivity index (χ1n) is 8.10. The Balaban J connectivity index is 1.98. The number of aromatic nitrogens is 4. The van der Waals surface area contributed by atoms with Crippen LogP contribution in [0.4, 0.5) is 11.4 Å². The van der Waals surface area contributed by atoms with E-state index in [9.17, 15) is 18.0 Å². The number of aryl methyl sites for hydroxylation is 2. The Morgan fingerprint density at radius 3 is 2.48 bits per heavy atom. The average Bonchev–Trinajstić information content (AvgIpc) is 3.02. The lowest BCUT2D eigenvalue weighted by Crippen LogP contribution is -2.25. The van der Waals surface area contributed by atoms with Crippen molar-refractivity contribution in [1.29, 1.82) is 0 Å². The summed E-state index contributed by atoms with van der Waals surface area (Å²) in [4.78, 5) is 32.0. The molecule has 0 aliphatic carbocycles. The summed E-state index contributed by atoms with van der Waals surface area (Å²) < 4.78 is 28.7. The van der Waals surface area contributed by atoms with Crippen molar-refractivity contribution in [2.75, 3.05) is 10.0 Å². The van der Waals surface area contributed by atoms with Crippen molar-refractivity contribution in [1.82, 2.24) is 19.6 Å². The predicted octanol–water partition coefficient (Wildman–Crippen LogP) is 1.05. The first-order valence-corrected chi connectivity index (χ1v) is 9.58. The van der Waals surface area contributed by atoms with Gasteiger partial charge in [-0.2, -0.15) is 9.50 Å². The van der Waals surface area contributed by atoms with Crippen LogP contribution in [0.25, 0.3) is 5.78 Å². The molecule has 0 bridgehead atoms. The van der Waals surface area contributed by atoms with Gasteiger partial charge in [0, 0.05) is 19.0 Å². The number of nitrogens with one attached hydrogen (secondary N) is 3. The lowest BCUT2D eigenvalue weighted by molar-refractivity contribution is -0.114. The van der Waals surface area contributed by atoms with Gasteiger partial charge in [-0.05, 0) is 31.2 Å². The van der Waals surface area contributed by atoms with Gasteiger partial charge in [0.15, 0.2) is 0 Å². The SMILES string of the molecule is CCc1nc2nc(C)c(NS(=O)(=O)c3ccc(NC(C)=O)cc3)c(=O)n2[nH]1. The van der Waals surface area contributed by atoms with Crippen LogP contribution in [-0.4, -0.2) is 33.9 Å². The van der Waals surface area contributed by atoms with Gasteiger partial charge in [0.1, 0.15) is 11.5 Å². The highest BCUT2D eigenvalue weighted by atomic mass is 32.2. The Labute approximate surface area is 154 Å². The Morgan fingerprint density at radius 2 is 1.89 bits per heavy atom. The molecule has 3 N–H and O–H groups in total. The van der Waals surface area contributed by atoms with Crippen LogP contribution in [-0.2, 0) is 21.2 Å². The van der Waals surface area contributed by atoms with E-state index in [2.05, 4.69) is 25.1 Å². The van der Waals surface area contributed by atoms with Crippen molar-refractivity contribution in [2.45, 2.75) is 32.1 Å². The zero-order valence-corrected chi connectivity index (χ0v) is 15.7. The molecule has 0 radical (unpaired) electrons. The molecule has 0 aliphatic heterocycles. The van der Waals surface area contributed by atoms with Crippen LogP contribution in [0.1, 0.15) is 25.4 Å². The normalized spacial score (nSPS) is 11.5. The minimum absolute atomic E-state index is 0.0562. The fourth-order valence-corrected chi connectivity index (χ4v) is 3.57. The number of H-pyrrole nitrogens is 1. The number of nitrogens with zero attached hydrogens (tertiary/aromatic N) is 3. The van der Waals surface area contributed by atoms with Gasteiger partial charge in [0.25, 0.3) is 21.4 Å². The monoisotopic (exact) mass is 390 g/mol. The minimum Gasteiger partial charge on any atom is -0.326 e. The second-order valence-electron chi connectivity index (χ2n) is 5.85. The molecule has 3 aromatic rings. The largest absolute Gasteiger partial charge is 0.326 e. The Kier molecular flexibility index (Phi) is 4.70. The van der Waals surface area contributed by atoms with Crippen LogP contribution >= 0.6 is 0 Å². The molecule has 0 saturated heterocycles. The molecule has 0 atom stereocenters. The smallest absolute Gasteiger partial charge is 0.298 e. The summed E-state index contributed by atoms with van der Waals surface area (Å²) >= 11 is 0. The molecule has 142 valence electrons. The number of hydrogen-bond acceptors (Lipinski definition) is 6. The van der Waals surface area contributed by atoms with Gasteiger partial charge in [0.2, 0.25) is 5.91 Å². The van der Waals surface area contributed by atoms with Gasteiger partial charge in [-0.1, -0.05) is 6.92 Å². The molecular weight excluding hydrogens is 372 g/mol. The third-order valence-electron chi connectivity index (χ3n) is 3.78. The topological polar surface area (TPSA) is 138 Å². The molecule has 0 spiro atoms. The number of carbonyl (C=O) groups is 1. The Hall–Kier alpha value is -3.21.